The Hall–Kier alpha value is -1.93. The molecule has 0 saturated heterocycles. The Morgan fingerprint density at radius 3 is 1.24 bits per heavy atom. The van der Waals surface area contributed by atoms with Gasteiger partial charge >= 0.3 is 23.9 Å². The van der Waals surface area contributed by atoms with Crippen LogP contribution in [0.2, 0.25) is 0 Å². The average molecular weight is 326 g/mol. The smallest absolute Gasteiger partial charge is 0.307 e. The predicted octanol–water partition coefficient (Wildman–Crippen LogP) is -0.392. The van der Waals surface area contributed by atoms with Gasteiger partial charge in [-0.25, -0.2) is 0 Å². The van der Waals surface area contributed by atoms with Crippen LogP contribution in [0.5, 0.6) is 0 Å². The second-order valence-electron chi connectivity index (χ2n) is 4.48. The maximum Gasteiger partial charge on any atom is 0.307 e. The van der Waals surface area contributed by atoms with Crippen LogP contribution in [0, 0.1) is 11.8 Å². The van der Waals surface area contributed by atoms with E-state index >= 15 is 0 Å². The van der Waals surface area contributed by atoms with Crippen LogP contribution in [0.15, 0.2) is 0 Å². The fourth-order valence-corrected chi connectivity index (χ4v) is 3.74. The Balaban J connectivity index is 4.96. The molecule has 0 radical (unpaired) electrons. The molecule has 5 N–H and O–H groups in total. The first-order valence-corrected chi connectivity index (χ1v) is 7.67. The third kappa shape index (κ3) is 8.05. The minimum atomic E-state index is -4.31. The number of rotatable bonds is 10. The summed E-state index contributed by atoms with van der Waals surface area (Å²) >= 11 is 0. The van der Waals surface area contributed by atoms with Gasteiger partial charge in [0.2, 0.25) is 7.37 Å². The van der Waals surface area contributed by atoms with Crippen molar-refractivity contribution in [2.45, 2.75) is 12.8 Å². The second kappa shape index (κ2) is 7.75. The molecule has 0 aliphatic heterocycles. The molecular weight excluding hydrogens is 311 g/mol. The molecule has 10 nitrogen and oxygen atoms in total. The summed E-state index contributed by atoms with van der Waals surface area (Å²) in [5, 5.41) is 34.6. The molecule has 0 amide bonds. The molecule has 120 valence electrons. The molecule has 0 aromatic heterocycles. The van der Waals surface area contributed by atoms with Crippen LogP contribution < -0.4 is 0 Å². The summed E-state index contributed by atoms with van der Waals surface area (Å²) in [5.74, 6) is -9.48. The van der Waals surface area contributed by atoms with Crippen molar-refractivity contribution >= 4 is 31.2 Å². The zero-order valence-corrected chi connectivity index (χ0v) is 11.6. The molecule has 0 aromatic rings. The van der Waals surface area contributed by atoms with E-state index in [2.05, 4.69) is 0 Å². The zero-order chi connectivity index (χ0) is 16.8. The fraction of sp³-hybridized carbons (Fsp3) is 0.600. The lowest BCUT2D eigenvalue weighted by Gasteiger charge is -2.18. The summed E-state index contributed by atoms with van der Waals surface area (Å²) in [7, 11) is -4.31. The highest BCUT2D eigenvalue weighted by molar-refractivity contribution is 7.58. The number of hydrogen-bond acceptors (Lipinski definition) is 5. The molecule has 0 rings (SSSR count). The van der Waals surface area contributed by atoms with Gasteiger partial charge in [-0.3, -0.25) is 23.7 Å². The predicted molar refractivity (Wildman–Crippen MR) is 66.3 cm³/mol. The van der Waals surface area contributed by atoms with Gasteiger partial charge < -0.3 is 25.3 Å². The zero-order valence-electron chi connectivity index (χ0n) is 10.7. The van der Waals surface area contributed by atoms with Crippen molar-refractivity contribution in [2.24, 2.45) is 11.8 Å². The van der Waals surface area contributed by atoms with Crippen LogP contribution in [-0.2, 0) is 23.7 Å². The number of carboxylic acid groups (broad SMARTS) is 4. The third-order valence-electron chi connectivity index (χ3n) is 2.55. The van der Waals surface area contributed by atoms with Crippen LogP contribution in [-0.4, -0.2) is 61.5 Å². The molecule has 0 aromatic carbocycles. The summed E-state index contributed by atoms with van der Waals surface area (Å²) in [6.45, 7) is 0. The van der Waals surface area contributed by atoms with Gasteiger partial charge in [0.25, 0.3) is 0 Å². The lowest BCUT2D eigenvalue weighted by Crippen LogP contribution is -2.26. The Morgan fingerprint density at radius 2 is 1.05 bits per heavy atom. The summed E-state index contributed by atoms with van der Waals surface area (Å²) in [4.78, 5) is 52.2. The van der Waals surface area contributed by atoms with Crippen molar-refractivity contribution in [1.29, 1.82) is 0 Å². The Kier molecular flexibility index (Phi) is 7.04. The van der Waals surface area contributed by atoms with E-state index < -0.39 is 68.2 Å². The van der Waals surface area contributed by atoms with Crippen molar-refractivity contribution in [2.75, 3.05) is 12.3 Å². The van der Waals surface area contributed by atoms with Gasteiger partial charge in [-0.1, -0.05) is 0 Å². The summed E-state index contributed by atoms with van der Waals surface area (Å²) in [6.07, 6.45) is -3.65. The topological polar surface area (TPSA) is 186 Å². The van der Waals surface area contributed by atoms with Crippen molar-refractivity contribution in [1.82, 2.24) is 0 Å². The first kappa shape index (κ1) is 19.1. The van der Waals surface area contributed by atoms with E-state index in [9.17, 15) is 28.6 Å². The monoisotopic (exact) mass is 326 g/mol. The molecule has 21 heavy (non-hydrogen) atoms. The number of aliphatic carboxylic acids is 4. The first-order chi connectivity index (χ1) is 9.44. The maximum atomic E-state index is 11.8. The van der Waals surface area contributed by atoms with Crippen molar-refractivity contribution in [3.05, 3.63) is 0 Å². The molecule has 0 heterocycles. The van der Waals surface area contributed by atoms with E-state index in [0.717, 1.165) is 0 Å². The molecule has 11 heteroatoms. The van der Waals surface area contributed by atoms with Gasteiger partial charge in [-0.05, 0) is 0 Å². The van der Waals surface area contributed by atoms with Crippen LogP contribution in [0.1, 0.15) is 12.8 Å². The average Bonchev–Trinajstić information content (AvgIpc) is 2.24. The molecule has 0 fully saturated rings. The van der Waals surface area contributed by atoms with Gasteiger partial charge in [0.15, 0.2) is 0 Å². The second-order valence-corrected chi connectivity index (χ2v) is 6.90. The van der Waals surface area contributed by atoms with Gasteiger partial charge in [-0.2, -0.15) is 0 Å². The SMILES string of the molecule is O=C(O)CC(CP(=O)(O)CC(CC(=O)O)C(=O)O)C(=O)O. The first-order valence-electron chi connectivity index (χ1n) is 5.64. The van der Waals surface area contributed by atoms with Gasteiger partial charge in [0, 0.05) is 12.3 Å². The standard InChI is InChI=1S/C10H15O10P/c11-7(12)1-5(9(15)16)3-21(19,20)4-6(10(17)18)2-8(13)14/h5-6H,1-4H2,(H,11,12)(H,13,14)(H,15,16)(H,17,18)(H,19,20). The van der Waals surface area contributed by atoms with Crippen molar-refractivity contribution < 1.29 is 49.1 Å². The van der Waals surface area contributed by atoms with Crippen LogP contribution in [0.4, 0.5) is 0 Å². The van der Waals surface area contributed by atoms with E-state index in [4.69, 9.17) is 20.4 Å². The Labute approximate surface area is 118 Å². The molecule has 2 unspecified atom stereocenters. The summed E-state index contributed by atoms with van der Waals surface area (Å²) in [6, 6.07) is 0. The lowest BCUT2D eigenvalue weighted by atomic mass is 10.1. The molecule has 0 aliphatic carbocycles. The minimum Gasteiger partial charge on any atom is -0.481 e. The summed E-state index contributed by atoms with van der Waals surface area (Å²) in [5.41, 5.74) is 0. The Morgan fingerprint density at radius 1 is 0.762 bits per heavy atom. The van der Waals surface area contributed by atoms with Gasteiger partial charge in [-0.15, -0.1) is 0 Å². The molecule has 0 bridgehead atoms. The van der Waals surface area contributed by atoms with Crippen LogP contribution in [0.3, 0.4) is 0 Å². The highest BCUT2D eigenvalue weighted by Crippen LogP contribution is 2.45. The Bertz CT molecular complexity index is 444. The van der Waals surface area contributed by atoms with E-state index in [1.165, 1.54) is 0 Å². The maximum absolute atomic E-state index is 11.8. The number of carboxylic acids is 4. The van der Waals surface area contributed by atoms with E-state index in [-0.39, 0.29) is 0 Å². The van der Waals surface area contributed by atoms with Crippen LogP contribution >= 0.6 is 7.37 Å². The van der Waals surface area contributed by atoms with Crippen LogP contribution in [0.25, 0.3) is 0 Å². The molecule has 0 spiro atoms. The van der Waals surface area contributed by atoms with Gasteiger partial charge in [0.1, 0.15) is 0 Å². The lowest BCUT2D eigenvalue weighted by molar-refractivity contribution is -0.147. The van der Waals surface area contributed by atoms with Crippen molar-refractivity contribution in [3.63, 3.8) is 0 Å². The minimum absolute atomic E-state index is 0.892. The molecule has 2 atom stereocenters. The van der Waals surface area contributed by atoms with Crippen molar-refractivity contribution in [3.8, 4) is 0 Å². The third-order valence-corrected chi connectivity index (χ3v) is 4.57. The normalized spacial score (nSPS) is 16.4. The molecule has 0 aliphatic rings. The van der Waals surface area contributed by atoms with E-state index in [0.29, 0.717) is 0 Å². The largest absolute Gasteiger partial charge is 0.481 e. The summed E-state index contributed by atoms with van der Waals surface area (Å²) < 4.78 is 11.8. The number of carbonyl (C=O) groups is 4. The molecule has 0 saturated carbocycles. The van der Waals surface area contributed by atoms with E-state index in [1.807, 2.05) is 0 Å². The highest BCUT2D eigenvalue weighted by Gasteiger charge is 2.35. The van der Waals surface area contributed by atoms with Gasteiger partial charge in [0.05, 0.1) is 24.7 Å². The highest BCUT2D eigenvalue weighted by atomic mass is 31.2. The fourth-order valence-electron chi connectivity index (χ4n) is 1.64. The quantitative estimate of drug-likeness (QED) is 0.331. The molecular formula is C10H15O10P. The number of hydrogen-bond donors (Lipinski definition) is 5. The van der Waals surface area contributed by atoms with E-state index in [1.54, 1.807) is 0 Å².